The Morgan fingerprint density at radius 3 is 2.50 bits per heavy atom. The largest absolute Gasteiger partial charge is 0.298 e. The van der Waals surface area contributed by atoms with E-state index in [0.29, 0.717) is 6.42 Å². The molecule has 2 aliphatic carbocycles. The SMILES string of the molecule is C[C@@H]1C=C2C(C)(C)C(=O)C=C[C@]2(C)C(=O)C1. The van der Waals surface area contributed by atoms with Gasteiger partial charge < -0.3 is 0 Å². The lowest BCUT2D eigenvalue weighted by Gasteiger charge is -2.43. The Hall–Kier alpha value is -1.18. The van der Waals surface area contributed by atoms with Crippen molar-refractivity contribution < 1.29 is 9.59 Å². The quantitative estimate of drug-likeness (QED) is 0.586. The highest BCUT2D eigenvalue weighted by Crippen LogP contribution is 2.49. The van der Waals surface area contributed by atoms with E-state index in [0.717, 1.165) is 5.57 Å². The van der Waals surface area contributed by atoms with E-state index >= 15 is 0 Å². The van der Waals surface area contributed by atoms with Gasteiger partial charge in [0.2, 0.25) is 0 Å². The molecule has 0 N–H and O–H groups in total. The van der Waals surface area contributed by atoms with Crippen LogP contribution in [0.3, 0.4) is 0 Å². The van der Waals surface area contributed by atoms with Gasteiger partial charge in [-0.25, -0.2) is 0 Å². The van der Waals surface area contributed by atoms with E-state index in [2.05, 4.69) is 6.08 Å². The van der Waals surface area contributed by atoms with Crippen molar-refractivity contribution >= 4 is 11.6 Å². The summed E-state index contributed by atoms with van der Waals surface area (Å²) in [5, 5.41) is 0. The van der Waals surface area contributed by atoms with Crippen LogP contribution in [-0.4, -0.2) is 11.6 Å². The predicted molar refractivity (Wildman–Crippen MR) is 62.9 cm³/mol. The third-order valence-corrected chi connectivity index (χ3v) is 3.95. The minimum absolute atomic E-state index is 0.0955. The van der Waals surface area contributed by atoms with E-state index in [1.54, 1.807) is 12.2 Å². The summed E-state index contributed by atoms with van der Waals surface area (Å²) in [4.78, 5) is 24.0. The van der Waals surface area contributed by atoms with Crippen molar-refractivity contribution in [2.24, 2.45) is 16.7 Å². The average molecular weight is 218 g/mol. The average Bonchev–Trinajstić information content (AvgIpc) is 2.18. The van der Waals surface area contributed by atoms with Crippen LogP contribution in [0.4, 0.5) is 0 Å². The highest BCUT2D eigenvalue weighted by atomic mass is 16.1. The van der Waals surface area contributed by atoms with E-state index in [1.165, 1.54) is 0 Å². The monoisotopic (exact) mass is 218 g/mol. The molecule has 0 aromatic rings. The molecule has 2 rings (SSSR count). The molecule has 86 valence electrons. The van der Waals surface area contributed by atoms with Crippen molar-refractivity contribution in [2.45, 2.75) is 34.1 Å². The van der Waals surface area contributed by atoms with Crippen LogP contribution >= 0.6 is 0 Å². The first kappa shape index (κ1) is 11.3. The maximum atomic E-state index is 12.2. The first-order valence-electron chi connectivity index (χ1n) is 5.78. The number of fused-ring (bicyclic) bond motifs is 1. The zero-order valence-electron chi connectivity index (χ0n) is 10.3. The second kappa shape index (κ2) is 3.16. The second-order valence-electron chi connectivity index (χ2n) is 5.71. The third-order valence-electron chi connectivity index (χ3n) is 3.95. The van der Waals surface area contributed by atoms with Gasteiger partial charge in [0.05, 0.1) is 5.41 Å². The van der Waals surface area contributed by atoms with E-state index < -0.39 is 10.8 Å². The van der Waals surface area contributed by atoms with Gasteiger partial charge >= 0.3 is 0 Å². The lowest BCUT2D eigenvalue weighted by molar-refractivity contribution is -0.128. The highest BCUT2D eigenvalue weighted by Gasteiger charge is 2.49. The van der Waals surface area contributed by atoms with Gasteiger partial charge in [-0.1, -0.05) is 19.1 Å². The van der Waals surface area contributed by atoms with Gasteiger partial charge in [0, 0.05) is 11.8 Å². The Balaban J connectivity index is 2.65. The summed E-state index contributed by atoms with van der Waals surface area (Å²) >= 11 is 0. The Kier molecular flexibility index (Phi) is 2.23. The Bertz CT molecular complexity index is 426. The minimum atomic E-state index is -0.552. The van der Waals surface area contributed by atoms with E-state index in [9.17, 15) is 9.59 Å². The van der Waals surface area contributed by atoms with E-state index in [1.807, 2.05) is 27.7 Å². The van der Waals surface area contributed by atoms with Gasteiger partial charge in [0.15, 0.2) is 5.78 Å². The van der Waals surface area contributed by atoms with Crippen LogP contribution in [0.15, 0.2) is 23.8 Å². The molecule has 0 radical (unpaired) electrons. The molecule has 2 heteroatoms. The molecule has 0 amide bonds. The topological polar surface area (TPSA) is 34.1 Å². The molecule has 0 saturated carbocycles. The van der Waals surface area contributed by atoms with Crippen molar-refractivity contribution in [1.82, 2.24) is 0 Å². The zero-order valence-corrected chi connectivity index (χ0v) is 10.3. The molecule has 0 bridgehead atoms. The summed E-state index contributed by atoms with van der Waals surface area (Å²) in [6, 6.07) is 0. The smallest absolute Gasteiger partial charge is 0.165 e. The van der Waals surface area contributed by atoms with Crippen molar-refractivity contribution in [3.8, 4) is 0 Å². The highest BCUT2D eigenvalue weighted by molar-refractivity contribution is 6.04. The van der Waals surface area contributed by atoms with Crippen LogP contribution < -0.4 is 0 Å². The lowest BCUT2D eigenvalue weighted by atomic mass is 9.58. The molecule has 0 spiro atoms. The fourth-order valence-corrected chi connectivity index (χ4v) is 2.79. The fraction of sp³-hybridized carbons (Fsp3) is 0.571. The number of carbonyl (C=O) groups excluding carboxylic acids is 2. The summed E-state index contributed by atoms with van der Waals surface area (Å²) in [5.74, 6) is 0.571. The first-order chi connectivity index (χ1) is 7.28. The molecule has 16 heavy (non-hydrogen) atoms. The Labute approximate surface area is 96.4 Å². The van der Waals surface area contributed by atoms with Crippen LogP contribution in [-0.2, 0) is 9.59 Å². The van der Waals surface area contributed by atoms with Gasteiger partial charge in [0.1, 0.15) is 5.78 Å². The number of hydrogen-bond acceptors (Lipinski definition) is 2. The minimum Gasteiger partial charge on any atom is -0.298 e. The van der Waals surface area contributed by atoms with Crippen molar-refractivity contribution in [2.75, 3.05) is 0 Å². The number of Topliss-reactive ketones (excluding diaryl/α,β-unsaturated/α-hetero) is 1. The van der Waals surface area contributed by atoms with Gasteiger partial charge in [-0.15, -0.1) is 0 Å². The number of allylic oxidation sites excluding steroid dienone is 4. The molecule has 0 heterocycles. The normalized spacial score (nSPS) is 37.0. The number of hydrogen-bond donors (Lipinski definition) is 0. The maximum absolute atomic E-state index is 12.2. The fourth-order valence-electron chi connectivity index (χ4n) is 2.79. The van der Waals surface area contributed by atoms with Crippen LogP contribution in [0.5, 0.6) is 0 Å². The van der Waals surface area contributed by atoms with Gasteiger partial charge in [0.25, 0.3) is 0 Å². The molecular formula is C14H18O2. The van der Waals surface area contributed by atoms with Crippen LogP contribution in [0.2, 0.25) is 0 Å². The standard InChI is InChI=1S/C14H18O2/c1-9-7-10-13(2,3)11(15)5-6-14(10,4)12(16)8-9/h5-7,9H,8H2,1-4H3/t9-,14+/m1/s1. The summed E-state index contributed by atoms with van der Waals surface area (Å²) in [6.45, 7) is 7.78. The molecule has 0 saturated heterocycles. The lowest BCUT2D eigenvalue weighted by Crippen LogP contribution is -2.44. The molecule has 0 fully saturated rings. The summed E-state index contributed by atoms with van der Waals surface area (Å²) in [6.07, 6.45) is 6.04. The van der Waals surface area contributed by atoms with Crippen molar-refractivity contribution in [1.29, 1.82) is 0 Å². The molecule has 0 aromatic heterocycles. The zero-order chi connectivity index (χ0) is 12.1. The molecule has 0 aliphatic heterocycles. The van der Waals surface area contributed by atoms with Gasteiger partial charge in [-0.2, -0.15) is 0 Å². The Morgan fingerprint density at radius 2 is 1.88 bits per heavy atom. The molecule has 2 atom stereocenters. The van der Waals surface area contributed by atoms with E-state index in [-0.39, 0.29) is 17.5 Å². The summed E-state index contributed by atoms with van der Waals surface area (Å²) in [5.41, 5.74) is -0.103. The van der Waals surface area contributed by atoms with Gasteiger partial charge in [-0.3, -0.25) is 9.59 Å². The van der Waals surface area contributed by atoms with Gasteiger partial charge in [-0.05, 0) is 38.3 Å². The molecule has 0 unspecified atom stereocenters. The Morgan fingerprint density at radius 1 is 1.25 bits per heavy atom. The third kappa shape index (κ3) is 1.32. The first-order valence-corrected chi connectivity index (χ1v) is 5.78. The second-order valence-corrected chi connectivity index (χ2v) is 5.71. The summed E-state index contributed by atoms with van der Waals surface area (Å²) < 4.78 is 0. The predicted octanol–water partition coefficient (Wildman–Crippen LogP) is 2.69. The maximum Gasteiger partial charge on any atom is 0.165 e. The van der Waals surface area contributed by atoms with Crippen LogP contribution in [0.25, 0.3) is 0 Å². The molecule has 2 aliphatic rings. The van der Waals surface area contributed by atoms with E-state index in [4.69, 9.17) is 0 Å². The number of carbonyl (C=O) groups is 2. The van der Waals surface area contributed by atoms with Crippen molar-refractivity contribution in [3.63, 3.8) is 0 Å². The van der Waals surface area contributed by atoms with Crippen LogP contribution in [0.1, 0.15) is 34.1 Å². The molecule has 2 nitrogen and oxygen atoms in total. The van der Waals surface area contributed by atoms with Crippen molar-refractivity contribution in [3.05, 3.63) is 23.8 Å². The summed E-state index contributed by atoms with van der Waals surface area (Å²) in [7, 11) is 0. The number of ketones is 2. The molecule has 0 aromatic carbocycles. The molecular weight excluding hydrogens is 200 g/mol. The van der Waals surface area contributed by atoms with Crippen LogP contribution in [0, 0.1) is 16.7 Å². The number of rotatable bonds is 0.